The number of nitrogens with zero attached hydrogens (tertiary/aromatic N) is 3. The largest absolute Gasteiger partial charge is 0.497 e. The molecule has 2 amide bonds. The van der Waals surface area contributed by atoms with Gasteiger partial charge in [-0.2, -0.15) is 4.98 Å². The van der Waals surface area contributed by atoms with Crippen LogP contribution in [0.4, 0.5) is 4.79 Å². The lowest BCUT2D eigenvalue weighted by atomic mass is 10.2. The molecule has 2 aromatic carbocycles. The van der Waals surface area contributed by atoms with Gasteiger partial charge in [0, 0.05) is 13.1 Å². The quantitative estimate of drug-likeness (QED) is 0.619. The number of urea groups is 1. The molecular weight excluding hydrogens is 396 g/mol. The number of likely N-dealkylation sites (tertiary alicyclic amines) is 1. The molecule has 0 spiro atoms. The number of carbonyl (C=O) groups is 1. The molecule has 1 aliphatic heterocycles. The zero-order valence-electron chi connectivity index (χ0n) is 17.7. The van der Waals surface area contributed by atoms with Gasteiger partial charge in [0.05, 0.1) is 13.2 Å². The van der Waals surface area contributed by atoms with Gasteiger partial charge in [0.15, 0.2) is 12.4 Å². The van der Waals surface area contributed by atoms with Crippen LogP contribution < -0.4 is 14.8 Å². The molecule has 0 aliphatic carbocycles. The average molecular weight is 422 g/mol. The Morgan fingerprint density at radius 1 is 1.16 bits per heavy atom. The van der Waals surface area contributed by atoms with Gasteiger partial charge in [-0.25, -0.2) is 4.79 Å². The van der Waals surface area contributed by atoms with E-state index in [1.54, 1.807) is 12.0 Å². The van der Waals surface area contributed by atoms with Gasteiger partial charge in [-0.15, -0.1) is 0 Å². The molecule has 1 fully saturated rings. The summed E-state index contributed by atoms with van der Waals surface area (Å²) >= 11 is 0. The van der Waals surface area contributed by atoms with Crippen molar-refractivity contribution >= 4 is 6.03 Å². The van der Waals surface area contributed by atoms with Crippen LogP contribution >= 0.6 is 0 Å². The highest BCUT2D eigenvalue weighted by Gasteiger charge is 2.33. The third-order valence-corrected chi connectivity index (χ3v) is 5.28. The third kappa shape index (κ3) is 5.14. The minimum Gasteiger partial charge on any atom is -0.497 e. The van der Waals surface area contributed by atoms with Gasteiger partial charge in [0.2, 0.25) is 0 Å². The highest BCUT2D eigenvalue weighted by atomic mass is 16.5. The van der Waals surface area contributed by atoms with Crippen molar-refractivity contribution in [3.05, 3.63) is 71.4 Å². The highest BCUT2D eigenvalue weighted by Crippen LogP contribution is 2.30. The van der Waals surface area contributed by atoms with Crippen molar-refractivity contribution in [3.8, 4) is 11.5 Å². The first-order valence-corrected chi connectivity index (χ1v) is 10.3. The Morgan fingerprint density at radius 2 is 1.90 bits per heavy atom. The monoisotopic (exact) mass is 422 g/mol. The summed E-state index contributed by atoms with van der Waals surface area (Å²) in [6.07, 6.45) is 1.69. The standard InChI is InChI=1S/C23H26N4O4/c1-16-5-9-19(10-6-16)30-15-21-25-22(26-31-21)20-4-3-13-27(20)23(28)24-14-17-7-11-18(29-2)12-8-17/h5-12,20H,3-4,13-15H2,1-2H3,(H,24,28). The lowest BCUT2D eigenvalue weighted by Crippen LogP contribution is -2.39. The maximum atomic E-state index is 12.7. The molecule has 1 aromatic heterocycles. The minimum atomic E-state index is -0.201. The van der Waals surface area contributed by atoms with Crippen molar-refractivity contribution in [2.24, 2.45) is 0 Å². The van der Waals surface area contributed by atoms with E-state index >= 15 is 0 Å². The van der Waals surface area contributed by atoms with E-state index in [-0.39, 0.29) is 18.7 Å². The van der Waals surface area contributed by atoms with Crippen molar-refractivity contribution in [1.29, 1.82) is 0 Å². The van der Waals surface area contributed by atoms with E-state index in [4.69, 9.17) is 14.0 Å². The Balaban J connectivity index is 1.33. The van der Waals surface area contributed by atoms with Gasteiger partial charge in [-0.05, 0) is 49.6 Å². The number of nitrogens with one attached hydrogen (secondary N) is 1. The third-order valence-electron chi connectivity index (χ3n) is 5.28. The van der Waals surface area contributed by atoms with Crippen LogP contribution in [0.1, 0.15) is 41.7 Å². The first kappa shape index (κ1) is 20.7. The highest BCUT2D eigenvalue weighted by molar-refractivity contribution is 5.75. The smallest absolute Gasteiger partial charge is 0.318 e. The van der Waals surface area contributed by atoms with E-state index in [1.165, 1.54) is 5.56 Å². The fourth-order valence-corrected chi connectivity index (χ4v) is 3.54. The van der Waals surface area contributed by atoms with Crippen molar-refractivity contribution in [2.45, 2.75) is 39.0 Å². The lowest BCUT2D eigenvalue weighted by molar-refractivity contribution is 0.189. The number of hydrogen-bond donors (Lipinski definition) is 1. The maximum absolute atomic E-state index is 12.7. The van der Waals surface area contributed by atoms with Gasteiger partial charge >= 0.3 is 6.03 Å². The maximum Gasteiger partial charge on any atom is 0.318 e. The van der Waals surface area contributed by atoms with E-state index in [2.05, 4.69) is 15.5 Å². The normalized spacial score (nSPS) is 15.7. The predicted octanol–water partition coefficient (Wildman–Crippen LogP) is 4.01. The molecule has 1 unspecified atom stereocenters. The van der Waals surface area contributed by atoms with E-state index < -0.39 is 0 Å². The zero-order chi connectivity index (χ0) is 21.6. The molecule has 0 saturated carbocycles. The van der Waals surface area contributed by atoms with Crippen molar-refractivity contribution < 1.29 is 18.8 Å². The van der Waals surface area contributed by atoms with Crippen molar-refractivity contribution in [1.82, 2.24) is 20.4 Å². The minimum absolute atomic E-state index is 0.138. The first-order chi connectivity index (χ1) is 15.1. The topological polar surface area (TPSA) is 89.7 Å². The Labute approximate surface area is 181 Å². The van der Waals surface area contributed by atoms with Crippen molar-refractivity contribution in [2.75, 3.05) is 13.7 Å². The van der Waals surface area contributed by atoms with Gasteiger partial charge in [-0.1, -0.05) is 35.0 Å². The van der Waals surface area contributed by atoms with Crippen LogP contribution in [0, 0.1) is 6.92 Å². The Kier molecular flexibility index (Phi) is 6.35. The fourth-order valence-electron chi connectivity index (χ4n) is 3.54. The number of aryl methyl sites for hydroxylation is 1. The van der Waals surface area contributed by atoms with E-state index in [0.29, 0.717) is 24.8 Å². The number of rotatable bonds is 7. The van der Waals surface area contributed by atoms with E-state index in [9.17, 15) is 4.79 Å². The fraction of sp³-hybridized carbons (Fsp3) is 0.348. The molecule has 162 valence electrons. The molecule has 1 aliphatic rings. The summed E-state index contributed by atoms with van der Waals surface area (Å²) in [5.74, 6) is 2.43. The second-order valence-electron chi connectivity index (χ2n) is 7.51. The van der Waals surface area contributed by atoms with Crippen LogP contribution in [0.5, 0.6) is 11.5 Å². The summed E-state index contributed by atoms with van der Waals surface area (Å²) < 4.78 is 16.2. The molecule has 8 nitrogen and oxygen atoms in total. The Bertz CT molecular complexity index is 1000. The predicted molar refractivity (Wildman–Crippen MR) is 114 cm³/mol. The van der Waals surface area contributed by atoms with Crippen LogP contribution in [-0.2, 0) is 13.2 Å². The van der Waals surface area contributed by atoms with E-state index in [0.717, 1.165) is 29.9 Å². The number of methoxy groups -OCH3 is 1. The summed E-state index contributed by atoms with van der Waals surface area (Å²) in [5, 5.41) is 7.06. The molecule has 3 aromatic rings. The number of amides is 2. The van der Waals surface area contributed by atoms with Gasteiger partial charge in [-0.3, -0.25) is 0 Å². The number of ether oxygens (including phenoxy) is 2. The molecule has 1 N–H and O–H groups in total. The molecule has 1 saturated heterocycles. The lowest BCUT2D eigenvalue weighted by Gasteiger charge is -2.22. The van der Waals surface area contributed by atoms with Crippen molar-refractivity contribution in [3.63, 3.8) is 0 Å². The molecular formula is C23H26N4O4. The molecule has 1 atom stereocenters. The van der Waals surface area contributed by atoms with E-state index in [1.807, 2.05) is 55.5 Å². The van der Waals surface area contributed by atoms with Crippen LogP contribution in [0.3, 0.4) is 0 Å². The molecule has 8 heteroatoms. The summed E-state index contributed by atoms with van der Waals surface area (Å²) in [6, 6.07) is 15.0. The number of aromatic nitrogens is 2. The van der Waals surface area contributed by atoms with Crippen LogP contribution in [0.15, 0.2) is 53.1 Å². The van der Waals surface area contributed by atoms with Crippen LogP contribution in [0.2, 0.25) is 0 Å². The molecule has 31 heavy (non-hydrogen) atoms. The molecule has 0 bridgehead atoms. The molecule has 0 radical (unpaired) electrons. The van der Waals surface area contributed by atoms with Gasteiger partial charge < -0.3 is 24.2 Å². The van der Waals surface area contributed by atoms with Crippen LogP contribution in [-0.4, -0.2) is 34.7 Å². The SMILES string of the molecule is COc1ccc(CNC(=O)N2CCCC2c2noc(COc3ccc(C)cc3)n2)cc1. The zero-order valence-corrected chi connectivity index (χ0v) is 17.7. The number of carbonyl (C=O) groups excluding carboxylic acids is 1. The average Bonchev–Trinajstić information content (AvgIpc) is 3.47. The van der Waals surface area contributed by atoms with Gasteiger partial charge in [0.25, 0.3) is 5.89 Å². The second kappa shape index (κ2) is 9.51. The summed E-state index contributed by atoms with van der Waals surface area (Å²) in [4.78, 5) is 19.0. The summed E-state index contributed by atoms with van der Waals surface area (Å²) in [6.45, 7) is 3.30. The van der Waals surface area contributed by atoms with Crippen LogP contribution in [0.25, 0.3) is 0 Å². The second-order valence-corrected chi connectivity index (χ2v) is 7.51. The Hall–Kier alpha value is -3.55. The summed E-state index contributed by atoms with van der Waals surface area (Å²) in [7, 11) is 1.63. The first-order valence-electron chi connectivity index (χ1n) is 10.3. The summed E-state index contributed by atoms with van der Waals surface area (Å²) in [5.41, 5.74) is 2.17. The number of hydrogen-bond acceptors (Lipinski definition) is 6. The van der Waals surface area contributed by atoms with Gasteiger partial charge in [0.1, 0.15) is 11.5 Å². The number of benzene rings is 2. The molecule has 2 heterocycles. The molecule has 4 rings (SSSR count). The Morgan fingerprint density at radius 3 is 2.65 bits per heavy atom.